The predicted octanol–water partition coefficient (Wildman–Crippen LogP) is 4.20. The van der Waals surface area contributed by atoms with Gasteiger partial charge in [0.05, 0.1) is 12.6 Å². The Bertz CT molecular complexity index is 798. The van der Waals surface area contributed by atoms with Crippen LogP contribution in [0, 0.1) is 0 Å². The van der Waals surface area contributed by atoms with E-state index in [1.807, 2.05) is 30.3 Å². The van der Waals surface area contributed by atoms with Gasteiger partial charge in [0.1, 0.15) is 5.72 Å². The monoisotopic (exact) mass is 386 g/mol. The van der Waals surface area contributed by atoms with Crippen molar-refractivity contribution in [1.82, 2.24) is 9.88 Å². The number of rotatable bonds is 5. The largest absolute Gasteiger partial charge is 0.465 e. The third-order valence-corrected chi connectivity index (χ3v) is 5.78. The van der Waals surface area contributed by atoms with E-state index in [4.69, 9.17) is 4.74 Å². The van der Waals surface area contributed by atoms with Crippen molar-refractivity contribution in [3.8, 4) is 0 Å². The number of ether oxygens (including phenoxy) is 1. The highest BCUT2D eigenvalue weighted by atomic mass is 32.2. The van der Waals surface area contributed by atoms with Crippen molar-refractivity contribution >= 4 is 23.0 Å². The first-order valence-electron chi connectivity index (χ1n) is 8.70. The predicted molar refractivity (Wildman–Crippen MR) is 104 cm³/mol. The van der Waals surface area contributed by atoms with Gasteiger partial charge in [0.2, 0.25) is 5.12 Å². The second-order valence-corrected chi connectivity index (χ2v) is 8.02. The summed E-state index contributed by atoms with van der Waals surface area (Å²) in [4.78, 5) is 30.0. The van der Waals surface area contributed by atoms with Crippen LogP contribution in [0.4, 0.5) is 4.79 Å². The molecule has 1 aromatic carbocycles. The van der Waals surface area contributed by atoms with Gasteiger partial charge < -0.3 is 9.84 Å². The summed E-state index contributed by atoms with van der Waals surface area (Å²) in [5, 5.41) is 9.34. The zero-order valence-corrected chi connectivity index (χ0v) is 16.1. The van der Waals surface area contributed by atoms with E-state index in [9.17, 15) is 14.7 Å². The minimum absolute atomic E-state index is 0.0514. The summed E-state index contributed by atoms with van der Waals surface area (Å²) in [7, 11) is 0. The summed E-state index contributed by atoms with van der Waals surface area (Å²) in [6.45, 7) is 3.78. The number of hydrogen-bond donors (Lipinski definition) is 1. The minimum Gasteiger partial charge on any atom is -0.465 e. The number of aromatic nitrogens is 1. The van der Waals surface area contributed by atoms with Gasteiger partial charge in [-0.15, -0.1) is 0 Å². The molecule has 0 saturated carbocycles. The first-order valence-corrected chi connectivity index (χ1v) is 9.58. The highest BCUT2D eigenvalue weighted by Gasteiger charge is 2.45. The molecular formula is C20H22N2O4S. The van der Waals surface area contributed by atoms with E-state index in [1.54, 1.807) is 38.4 Å². The van der Waals surface area contributed by atoms with Gasteiger partial charge in [-0.2, -0.15) is 0 Å². The van der Waals surface area contributed by atoms with Crippen LogP contribution in [0.15, 0.2) is 54.9 Å². The van der Waals surface area contributed by atoms with Crippen LogP contribution in [-0.4, -0.2) is 44.6 Å². The van der Waals surface area contributed by atoms with Gasteiger partial charge in [-0.25, -0.2) is 4.79 Å². The lowest BCUT2D eigenvalue weighted by Gasteiger charge is -2.32. The molecule has 1 fully saturated rings. The first kappa shape index (κ1) is 19.4. The highest BCUT2D eigenvalue weighted by molar-refractivity contribution is 8.14. The summed E-state index contributed by atoms with van der Waals surface area (Å²) >= 11 is 1.20. The molecule has 2 atom stereocenters. The topological polar surface area (TPSA) is 79.7 Å². The maximum absolute atomic E-state index is 12.7. The quantitative estimate of drug-likeness (QED) is 0.829. The molecule has 1 N–H and O–H groups in total. The number of nitrogens with zero attached hydrogens (tertiary/aromatic N) is 2. The Morgan fingerprint density at radius 2 is 2.04 bits per heavy atom. The summed E-state index contributed by atoms with van der Waals surface area (Å²) in [6, 6.07) is 12.5. The average Bonchev–Trinajstić information content (AvgIpc) is 2.96. The Kier molecular flexibility index (Phi) is 5.82. The number of carbonyl (C=O) groups excluding carboxylic acids is 1. The molecule has 0 spiro atoms. The average molecular weight is 386 g/mol. The van der Waals surface area contributed by atoms with Gasteiger partial charge in [-0.3, -0.25) is 14.7 Å². The third kappa shape index (κ3) is 4.48. The molecule has 1 aliphatic rings. The number of hydrogen-bond acceptors (Lipinski definition) is 5. The lowest BCUT2D eigenvalue weighted by Crippen LogP contribution is -2.47. The maximum atomic E-state index is 12.7. The summed E-state index contributed by atoms with van der Waals surface area (Å²) in [6.07, 6.45) is 2.84. The third-order valence-electron chi connectivity index (χ3n) is 4.58. The maximum Gasteiger partial charge on any atom is 0.409 e. The van der Waals surface area contributed by atoms with E-state index in [2.05, 4.69) is 4.98 Å². The van der Waals surface area contributed by atoms with E-state index < -0.39 is 11.8 Å². The van der Waals surface area contributed by atoms with Crippen LogP contribution in [-0.2, 0) is 4.74 Å². The fraction of sp³-hybridized carbons (Fsp3) is 0.350. The van der Waals surface area contributed by atoms with E-state index in [0.29, 0.717) is 18.6 Å². The molecule has 1 aliphatic heterocycles. The van der Waals surface area contributed by atoms with Gasteiger partial charge in [-0.1, -0.05) is 48.2 Å². The van der Waals surface area contributed by atoms with Gasteiger partial charge in [0.15, 0.2) is 0 Å². The summed E-state index contributed by atoms with van der Waals surface area (Å²) < 4.78 is 5.69. The normalized spacial score (nSPS) is 19.6. The number of amides is 1. The van der Waals surface area contributed by atoms with Crippen LogP contribution in [0.1, 0.15) is 41.4 Å². The molecule has 1 amide bonds. The van der Waals surface area contributed by atoms with Gasteiger partial charge in [0.25, 0.3) is 0 Å². The van der Waals surface area contributed by atoms with Crippen LogP contribution in [0.2, 0.25) is 0 Å². The molecule has 1 saturated heterocycles. The van der Waals surface area contributed by atoms with Crippen molar-refractivity contribution in [3.63, 3.8) is 0 Å². The van der Waals surface area contributed by atoms with Crippen molar-refractivity contribution < 1.29 is 19.4 Å². The molecule has 0 radical (unpaired) electrons. The zero-order chi connectivity index (χ0) is 19.4. The van der Waals surface area contributed by atoms with Crippen LogP contribution < -0.4 is 0 Å². The Hall–Kier alpha value is -2.38. The molecule has 27 heavy (non-hydrogen) atoms. The van der Waals surface area contributed by atoms with Crippen molar-refractivity contribution in [2.45, 2.75) is 37.3 Å². The molecule has 2 heterocycles. The summed E-state index contributed by atoms with van der Waals surface area (Å²) in [5.41, 5.74) is 0.626. The van der Waals surface area contributed by atoms with Crippen LogP contribution in [0.3, 0.4) is 0 Å². The lowest BCUT2D eigenvalue weighted by atomic mass is 10.1. The fourth-order valence-corrected chi connectivity index (χ4v) is 4.41. The molecule has 7 heteroatoms. The van der Waals surface area contributed by atoms with Crippen molar-refractivity contribution in [2.75, 3.05) is 6.61 Å². The van der Waals surface area contributed by atoms with Crippen molar-refractivity contribution in [2.24, 2.45) is 0 Å². The lowest BCUT2D eigenvalue weighted by molar-refractivity contribution is -0.0421. The molecule has 2 aromatic rings. The van der Waals surface area contributed by atoms with E-state index in [1.165, 1.54) is 16.7 Å². The van der Waals surface area contributed by atoms with Gasteiger partial charge in [-0.05, 0) is 31.9 Å². The van der Waals surface area contributed by atoms with E-state index in [0.717, 1.165) is 5.56 Å². The minimum atomic E-state index is -1.02. The molecule has 0 unspecified atom stereocenters. The molecular weight excluding hydrogens is 364 g/mol. The van der Waals surface area contributed by atoms with Gasteiger partial charge >= 0.3 is 6.09 Å². The molecule has 0 aliphatic carbocycles. The Morgan fingerprint density at radius 1 is 1.30 bits per heavy atom. The van der Waals surface area contributed by atoms with Crippen molar-refractivity contribution in [1.29, 1.82) is 0 Å². The van der Waals surface area contributed by atoms with Crippen molar-refractivity contribution in [3.05, 3.63) is 66.0 Å². The fourth-order valence-electron chi connectivity index (χ4n) is 3.28. The van der Waals surface area contributed by atoms with E-state index >= 15 is 0 Å². The van der Waals surface area contributed by atoms with Crippen LogP contribution in [0.25, 0.3) is 0 Å². The van der Waals surface area contributed by atoms with Gasteiger partial charge in [0, 0.05) is 23.2 Å². The number of carbonyl (C=O) groups is 2. The van der Waals surface area contributed by atoms with E-state index in [-0.39, 0.29) is 16.4 Å². The molecule has 6 nitrogen and oxygen atoms in total. The molecule has 142 valence electrons. The molecule has 3 rings (SSSR count). The number of thioether (sulfide) groups is 1. The Morgan fingerprint density at radius 3 is 2.67 bits per heavy atom. The Labute approximate surface area is 162 Å². The number of benzene rings is 1. The number of carboxylic acid groups (broad SMARTS) is 1. The zero-order valence-electron chi connectivity index (χ0n) is 15.2. The number of pyridine rings is 1. The standard InChI is InChI=1S/C20H22N2O4S/c1-20(2)22(19(24)25)16(13-26-20)11-17(15-9-6-10-21-12-15)27-18(23)14-7-4-3-5-8-14/h3-10,12,16-17H,11,13H2,1-2H3,(H,24,25)/t16-,17+/m0/s1. The molecule has 0 bridgehead atoms. The smallest absolute Gasteiger partial charge is 0.409 e. The SMILES string of the molecule is CC1(C)OC[C@H](C[C@@H](SC(=O)c2ccccc2)c2cccnc2)N1C(=O)O. The summed E-state index contributed by atoms with van der Waals surface area (Å²) in [5.74, 6) is 0. The second-order valence-electron chi connectivity index (χ2n) is 6.85. The highest BCUT2D eigenvalue weighted by Crippen LogP contribution is 2.39. The first-order chi connectivity index (χ1) is 12.9. The molecule has 1 aromatic heterocycles. The van der Waals surface area contributed by atoms with Crippen LogP contribution >= 0.6 is 11.8 Å². The van der Waals surface area contributed by atoms with Crippen LogP contribution in [0.5, 0.6) is 0 Å². The second kappa shape index (κ2) is 8.10. The Balaban J connectivity index is 1.83.